The second-order valence-corrected chi connectivity index (χ2v) is 3.15. The molecule has 5 nitrogen and oxygen atoms in total. The summed E-state index contributed by atoms with van der Waals surface area (Å²) in [5, 5.41) is 0. The molecule has 0 radical (unpaired) electrons. The first-order chi connectivity index (χ1) is 7.31. The Kier molecular flexibility index (Phi) is 2.47. The first kappa shape index (κ1) is 9.79. The molecular formula is C10H14N4O. The van der Waals surface area contributed by atoms with Crippen molar-refractivity contribution >= 4 is 17.0 Å². The highest BCUT2D eigenvalue weighted by atomic mass is 16.5. The molecule has 1 aromatic carbocycles. The molecule has 3 N–H and O–H groups in total. The molecule has 1 aromatic heterocycles. The van der Waals surface area contributed by atoms with Gasteiger partial charge in [-0.3, -0.25) is 5.43 Å². The minimum Gasteiger partial charge on any atom is -0.494 e. The number of aryl methyl sites for hydroxylation is 1. The van der Waals surface area contributed by atoms with Crippen molar-refractivity contribution in [2.24, 2.45) is 5.84 Å². The Morgan fingerprint density at radius 2 is 2.33 bits per heavy atom. The highest BCUT2D eigenvalue weighted by Gasteiger charge is 2.11. The van der Waals surface area contributed by atoms with Crippen LogP contribution in [0, 0.1) is 0 Å². The van der Waals surface area contributed by atoms with Crippen molar-refractivity contribution in [1.82, 2.24) is 9.55 Å². The maximum atomic E-state index is 5.41. The molecule has 0 aliphatic rings. The molecular weight excluding hydrogens is 192 g/mol. The number of benzene rings is 1. The number of hydrogen-bond donors (Lipinski definition) is 2. The molecule has 0 aliphatic heterocycles. The van der Waals surface area contributed by atoms with Gasteiger partial charge in [0.2, 0.25) is 5.95 Å². The summed E-state index contributed by atoms with van der Waals surface area (Å²) in [5.41, 5.74) is 4.43. The van der Waals surface area contributed by atoms with Crippen molar-refractivity contribution in [3.63, 3.8) is 0 Å². The molecule has 0 atom stereocenters. The topological polar surface area (TPSA) is 65.1 Å². The average Bonchev–Trinajstić information content (AvgIpc) is 2.66. The first-order valence-electron chi connectivity index (χ1n) is 4.81. The minimum absolute atomic E-state index is 0.650. The van der Waals surface area contributed by atoms with Crippen molar-refractivity contribution in [2.45, 2.75) is 13.5 Å². The number of hydrazine groups is 1. The zero-order chi connectivity index (χ0) is 10.8. The van der Waals surface area contributed by atoms with Gasteiger partial charge in [0, 0.05) is 6.54 Å². The number of rotatable bonds is 3. The van der Waals surface area contributed by atoms with Crippen molar-refractivity contribution in [1.29, 1.82) is 0 Å². The third-order valence-corrected chi connectivity index (χ3v) is 2.41. The van der Waals surface area contributed by atoms with Gasteiger partial charge in [-0.25, -0.2) is 10.8 Å². The number of nitrogens with two attached hydrogens (primary N) is 1. The van der Waals surface area contributed by atoms with Gasteiger partial charge in [-0.15, -0.1) is 0 Å². The van der Waals surface area contributed by atoms with E-state index in [2.05, 4.69) is 10.4 Å². The van der Waals surface area contributed by atoms with Crippen molar-refractivity contribution < 1.29 is 4.74 Å². The van der Waals surface area contributed by atoms with Gasteiger partial charge in [0.25, 0.3) is 0 Å². The summed E-state index contributed by atoms with van der Waals surface area (Å²) in [4.78, 5) is 4.37. The molecule has 1 heterocycles. The summed E-state index contributed by atoms with van der Waals surface area (Å²) in [6, 6.07) is 5.82. The van der Waals surface area contributed by atoms with Crippen LogP contribution >= 0.6 is 0 Å². The van der Waals surface area contributed by atoms with Crippen LogP contribution in [0.5, 0.6) is 5.75 Å². The van der Waals surface area contributed by atoms with E-state index < -0.39 is 0 Å². The molecule has 0 unspecified atom stereocenters. The maximum Gasteiger partial charge on any atom is 0.218 e. The quantitative estimate of drug-likeness (QED) is 0.587. The summed E-state index contributed by atoms with van der Waals surface area (Å²) < 4.78 is 7.24. The van der Waals surface area contributed by atoms with Crippen LogP contribution in [0.15, 0.2) is 18.2 Å². The first-order valence-corrected chi connectivity index (χ1v) is 4.81. The van der Waals surface area contributed by atoms with E-state index in [1.54, 1.807) is 7.11 Å². The Morgan fingerprint density at radius 1 is 1.53 bits per heavy atom. The molecule has 2 aromatic rings. The van der Waals surface area contributed by atoms with E-state index in [0.29, 0.717) is 5.95 Å². The Balaban J connectivity index is 2.75. The summed E-state index contributed by atoms with van der Waals surface area (Å²) >= 11 is 0. The van der Waals surface area contributed by atoms with E-state index in [1.165, 1.54) is 0 Å². The second-order valence-electron chi connectivity index (χ2n) is 3.15. The monoisotopic (exact) mass is 206 g/mol. The third kappa shape index (κ3) is 1.41. The lowest BCUT2D eigenvalue weighted by molar-refractivity contribution is 0.419. The maximum absolute atomic E-state index is 5.41. The van der Waals surface area contributed by atoms with E-state index >= 15 is 0 Å². The van der Waals surface area contributed by atoms with Crippen molar-refractivity contribution in [2.75, 3.05) is 12.5 Å². The summed E-state index contributed by atoms with van der Waals surface area (Å²) in [5.74, 6) is 6.82. The van der Waals surface area contributed by atoms with Gasteiger partial charge < -0.3 is 9.30 Å². The fourth-order valence-corrected chi connectivity index (χ4v) is 1.72. The molecule has 80 valence electrons. The fourth-order valence-electron chi connectivity index (χ4n) is 1.72. The Morgan fingerprint density at radius 3 is 2.93 bits per heavy atom. The molecule has 0 aliphatic carbocycles. The molecule has 0 fully saturated rings. The van der Waals surface area contributed by atoms with Gasteiger partial charge in [-0.1, -0.05) is 6.07 Å². The lowest BCUT2D eigenvalue weighted by atomic mass is 10.3. The SMILES string of the molecule is CCn1c(NN)nc2c(OC)cccc21. The number of anilines is 1. The largest absolute Gasteiger partial charge is 0.494 e. The van der Waals surface area contributed by atoms with Gasteiger partial charge in [0.15, 0.2) is 0 Å². The van der Waals surface area contributed by atoms with Crippen LogP contribution in [0.25, 0.3) is 11.0 Å². The van der Waals surface area contributed by atoms with E-state index in [9.17, 15) is 0 Å². The van der Waals surface area contributed by atoms with Gasteiger partial charge in [0.05, 0.1) is 12.6 Å². The van der Waals surface area contributed by atoms with Gasteiger partial charge in [-0.2, -0.15) is 0 Å². The van der Waals surface area contributed by atoms with Crippen LogP contribution in [0.1, 0.15) is 6.92 Å². The van der Waals surface area contributed by atoms with Crippen LogP contribution < -0.4 is 16.0 Å². The van der Waals surface area contributed by atoms with Crippen molar-refractivity contribution in [3.8, 4) is 5.75 Å². The minimum atomic E-state index is 0.650. The number of aromatic nitrogens is 2. The molecule has 0 amide bonds. The van der Waals surface area contributed by atoms with E-state index in [0.717, 1.165) is 23.3 Å². The van der Waals surface area contributed by atoms with E-state index in [4.69, 9.17) is 10.6 Å². The number of para-hydroxylation sites is 1. The molecule has 5 heteroatoms. The molecule has 15 heavy (non-hydrogen) atoms. The average molecular weight is 206 g/mol. The smallest absolute Gasteiger partial charge is 0.218 e. The lowest BCUT2D eigenvalue weighted by Crippen LogP contribution is -2.12. The van der Waals surface area contributed by atoms with Gasteiger partial charge >= 0.3 is 0 Å². The highest BCUT2D eigenvalue weighted by molar-refractivity contribution is 5.84. The van der Waals surface area contributed by atoms with Crippen LogP contribution in [0.3, 0.4) is 0 Å². The van der Waals surface area contributed by atoms with E-state index in [-0.39, 0.29) is 0 Å². The van der Waals surface area contributed by atoms with E-state index in [1.807, 2.05) is 29.7 Å². The number of nitrogens with one attached hydrogen (secondary N) is 1. The third-order valence-electron chi connectivity index (χ3n) is 2.41. The second kappa shape index (κ2) is 3.78. The van der Waals surface area contributed by atoms with Crippen LogP contribution in [-0.4, -0.2) is 16.7 Å². The number of ether oxygens (including phenoxy) is 1. The Bertz CT molecular complexity index is 477. The van der Waals surface area contributed by atoms with Crippen LogP contribution in [0.4, 0.5) is 5.95 Å². The van der Waals surface area contributed by atoms with Gasteiger partial charge in [0.1, 0.15) is 11.3 Å². The normalized spacial score (nSPS) is 10.6. The predicted molar refractivity (Wildman–Crippen MR) is 59.8 cm³/mol. The summed E-state index contributed by atoms with van der Waals surface area (Å²) in [7, 11) is 1.63. The molecule has 2 rings (SSSR count). The standard InChI is InChI=1S/C10H14N4O/c1-3-14-7-5-4-6-8(15-2)9(7)12-10(14)13-11/h4-6H,3,11H2,1-2H3,(H,12,13). The molecule has 0 spiro atoms. The van der Waals surface area contributed by atoms with Crippen LogP contribution in [0.2, 0.25) is 0 Å². The molecule has 0 bridgehead atoms. The Labute approximate surface area is 87.8 Å². The fraction of sp³-hybridized carbons (Fsp3) is 0.300. The summed E-state index contributed by atoms with van der Waals surface area (Å²) in [6.45, 7) is 2.85. The lowest BCUT2D eigenvalue weighted by Gasteiger charge is -2.04. The zero-order valence-corrected chi connectivity index (χ0v) is 8.82. The predicted octanol–water partition coefficient (Wildman–Crippen LogP) is 1.35. The highest BCUT2D eigenvalue weighted by Crippen LogP contribution is 2.27. The number of imidazole rings is 1. The zero-order valence-electron chi connectivity index (χ0n) is 8.82. The molecule has 0 saturated heterocycles. The number of nitrogens with zero attached hydrogens (tertiary/aromatic N) is 2. The molecule has 0 saturated carbocycles. The number of hydrogen-bond acceptors (Lipinski definition) is 4. The Hall–Kier alpha value is -1.75. The van der Waals surface area contributed by atoms with Crippen molar-refractivity contribution in [3.05, 3.63) is 18.2 Å². The van der Waals surface area contributed by atoms with Gasteiger partial charge in [-0.05, 0) is 19.1 Å². The number of methoxy groups -OCH3 is 1. The van der Waals surface area contributed by atoms with Crippen LogP contribution in [-0.2, 0) is 6.54 Å². The number of nitrogen functional groups attached to an aromatic ring is 1. The summed E-state index contributed by atoms with van der Waals surface area (Å²) in [6.07, 6.45) is 0. The number of fused-ring (bicyclic) bond motifs is 1.